The summed E-state index contributed by atoms with van der Waals surface area (Å²) in [4.78, 5) is 12.6. The van der Waals surface area contributed by atoms with Gasteiger partial charge in [0.05, 0.1) is 32.2 Å². The summed E-state index contributed by atoms with van der Waals surface area (Å²) >= 11 is 2.13. The van der Waals surface area contributed by atoms with Gasteiger partial charge in [0, 0.05) is 9.13 Å². The molecule has 0 unspecified atom stereocenters. The van der Waals surface area contributed by atoms with Gasteiger partial charge in [-0.05, 0) is 72.0 Å². The van der Waals surface area contributed by atoms with Gasteiger partial charge in [-0.15, -0.1) is 0 Å². The molecule has 0 spiro atoms. The molecule has 0 aliphatic rings. The van der Waals surface area contributed by atoms with Gasteiger partial charge < -0.3 is 14.8 Å². The highest BCUT2D eigenvalue weighted by atomic mass is 127. The van der Waals surface area contributed by atoms with Crippen LogP contribution in [0, 0.1) is 3.57 Å². The van der Waals surface area contributed by atoms with Crippen LogP contribution in [0.15, 0.2) is 42.5 Å². The molecule has 9 heteroatoms. The van der Waals surface area contributed by atoms with Gasteiger partial charge in [-0.2, -0.15) is 0 Å². The number of carbonyl (C=O) groups is 1. The number of halogens is 1. The van der Waals surface area contributed by atoms with Crippen LogP contribution in [0.3, 0.4) is 0 Å². The van der Waals surface area contributed by atoms with E-state index in [-0.39, 0.29) is 6.54 Å². The second-order valence-electron chi connectivity index (χ2n) is 6.14. The molecule has 152 valence electrons. The third-order valence-corrected chi connectivity index (χ3v) is 5.94. The Morgan fingerprint density at radius 1 is 1.14 bits per heavy atom. The third-order valence-electron chi connectivity index (χ3n) is 4.08. The van der Waals surface area contributed by atoms with Crippen molar-refractivity contribution in [1.82, 2.24) is 5.32 Å². The molecule has 2 aromatic rings. The maximum absolute atomic E-state index is 12.6. The Hall–Kier alpha value is -2.01. The zero-order chi connectivity index (χ0) is 20.9. The number of amides is 1. The van der Waals surface area contributed by atoms with Crippen molar-refractivity contribution in [2.75, 3.05) is 31.3 Å². The fraction of sp³-hybridized carbons (Fsp3) is 0.316. The number of methoxy groups -OCH3 is 2. The first-order valence-corrected chi connectivity index (χ1v) is 11.3. The Labute approximate surface area is 179 Å². The quantitative estimate of drug-likeness (QED) is 0.544. The predicted molar refractivity (Wildman–Crippen MR) is 117 cm³/mol. The molecular formula is C19H23IN2O5S. The lowest BCUT2D eigenvalue weighted by atomic mass is 10.1. The normalized spacial score (nSPS) is 12.2. The van der Waals surface area contributed by atoms with E-state index in [1.54, 1.807) is 63.6 Å². The molecule has 1 N–H and O–H groups in total. The highest BCUT2D eigenvalue weighted by Crippen LogP contribution is 2.29. The molecule has 0 saturated heterocycles. The summed E-state index contributed by atoms with van der Waals surface area (Å²) in [6.45, 7) is 1.47. The van der Waals surface area contributed by atoms with Gasteiger partial charge in [-0.3, -0.25) is 9.10 Å². The maximum Gasteiger partial charge on any atom is 0.241 e. The van der Waals surface area contributed by atoms with Crippen molar-refractivity contribution in [3.8, 4) is 11.5 Å². The van der Waals surface area contributed by atoms with Gasteiger partial charge in [-0.25, -0.2) is 8.42 Å². The summed E-state index contributed by atoms with van der Waals surface area (Å²) in [7, 11) is -0.525. The molecule has 0 aliphatic heterocycles. The van der Waals surface area contributed by atoms with E-state index < -0.39 is 22.0 Å². The van der Waals surface area contributed by atoms with Crippen LogP contribution in [-0.4, -0.2) is 41.3 Å². The minimum absolute atomic E-state index is 0.323. The van der Waals surface area contributed by atoms with E-state index in [2.05, 4.69) is 27.9 Å². The Kier molecular flexibility index (Phi) is 7.53. The van der Waals surface area contributed by atoms with E-state index in [1.807, 2.05) is 0 Å². The van der Waals surface area contributed by atoms with Crippen molar-refractivity contribution in [3.63, 3.8) is 0 Å². The van der Waals surface area contributed by atoms with E-state index >= 15 is 0 Å². The van der Waals surface area contributed by atoms with Crippen molar-refractivity contribution in [3.05, 3.63) is 51.6 Å². The highest BCUT2D eigenvalue weighted by Gasteiger charge is 2.23. The first kappa shape index (κ1) is 22.3. The Morgan fingerprint density at radius 3 is 2.32 bits per heavy atom. The minimum atomic E-state index is -3.62. The number of carbonyl (C=O) groups excluding carboxylic acids is 1. The second-order valence-corrected chi connectivity index (χ2v) is 9.30. The molecule has 1 atom stereocenters. The molecule has 2 rings (SSSR count). The van der Waals surface area contributed by atoms with Crippen LogP contribution in [0.4, 0.5) is 5.69 Å². The first-order valence-electron chi connectivity index (χ1n) is 8.40. The zero-order valence-corrected chi connectivity index (χ0v) is 19.1. The van der Waals surface area contributed by atoms with Crippen LogP contribution in [0.2, 0.25) is 0 Å². The van der Waals surface area contributed by atoms with Crippen molar-refractivity contribution in [2.45, 2.75) is 13.0 Å². The van der Waals surface area contributed by atoms with E-state index in [9.17, 15) is 13.2 Å². The number of nitrogens with one attached hydrogen (secondary N) is 1. The number of benzene rings is 2. The number of hydrogen-bond acceptors (Lipinski definition) is 5. The van der Waals surface area contributed by atoms with Gasteiger partial charge >= 0.3 is 0 Å². The van der Waals surface area contributed by atoms with Crippen molar-refractivity contribution < 1.29 is 22.7 Å². The monoisotopic (exact) mass is 518 g/mol. The average molecular weight is 518 g/mol. The molecular weight excluding hydrogens is 495 g/mol. The van der Waals surface area contributed by atoms with E-state index in [0.717, 1.165) is 19.7 Å². The van der Waals surface area contributed by atoms with Gasteiger partial charge in [0.25, 0.3) is 0 Å². The molecule has 0 bridgehead atoms. The average Bonchev–Trinajstić information content (AvgIpc) is 2.65. The van der Waals surface area contributed by atoms with Crippen LogP contribution in [0.5, 0.6) is 11.5 Å². The van der Waals surface area contributed by atoms with Gasteiger partial charge in [0.2, 0.25) is 15.9 Å². The molecule has 0 saturated carbocycles. The summed E-state index contributed by atoms with van der Waals surface area (Å²) in [6, 6.07) is 11.8. The maximum atomic E-state index is 12.6. The van der Waals surface area contributed by atoms with Gasteiger partial charge in [0.15, 0.2) is 0 Å². The zero-order valence-electron chi connectivity index (χ0n) is 16.1. The van der Waals surface area contributed by atoms with Gasteiger partial charge in [0.1, 0.15) is 18.0 Å². The largest absolute Gasteiger partial charge is 0.497 e. The molecule has 28 heavy (non-hydrogen) atoms. The van der Waals surface area contributed by atoms with Crippen molar-refractivity contribution >= 4 is 44.2 Å². The van der Waals surface area contributed by atoms with E-state index in [0.29, 0.717) is 17.2 Å². The molecule has 0 aromatic heterocycles. The fourth-order valence-corrected chi connectivity index (χ4v) is 3.90. The molecule has 0 heterocycles. The summed E-state index contributed by atoms with van der Waals surface area (Å²) in [6.07, 6.45) is 1.08. The topological polar surface area (TPSA) is 84.9 Å². The smallest absolute Gasteiger partial charge is 0.241 e. The lowest BCUT2D eigenvalue weighted by molar-refractivity contribution is -0.120. The number of ether oxygens (including phenoxy) is 2. The highest BCUT2D eigenvalue weighted by molar-refractivity contribution is 14.1. The molecule has 7 nitrogen and oxygen atoms in total. The number of anilines is 1. The summed E-state index contributed by atoms with van der Waals surface area (Å²) in [5, 5.41) is 2.82. The first-order chi connectivity index (χ1) is 13.2. The number of rotatable bonds is 8. The van der Waals surface area contributed by atoms with Crippen molar-refractivity contribution in [2.24, 2.45) is 0 Å². The fourth-order valence-electron chi connectivity index (χ4n) is 2.68. The summed E-state index contributed by atoms with van der Waals surface area (Å²) in [5.74, 6) is 0.807. The lowest BCUT2D eigenvalue weighted by Gasteiger charge is -2.24. The van der Waals surface area contributed by atoms with E-state index in [4.69, 9.17) is 9.47 Å². The third kappa shape index (κ3) is 5.74. The number of hydrogen-bond donors (Lipinski definition) is 1. The standard InChI is InChI=1S/C19H23IN2O5S/c1-13(17-11-16(26-2)9-10-18(17)27-3)21-19(23)12-22(28(4,24)25)15-7-5-14(20)6-8-15/h5-11,13H,12H2,1-4H3,(H,21,23)/t13-/m0/s1. The lowest BCUT2D eigenvalue weighted by Crippen LogP contribution is -2.41. The van der Waals surface area contributed by atoms with Crippen LogP contribution < -0.4 is 19.1 Å². The SMILES string of the molecule is COc1ccc(OC)c([C@H](C)NC(=O)CN(c2ccc(I)cc2)S(C)(=O)=O)c1. The van der Waals surface area contributed by atoms with Crippen LogP contribution in [-0.2, 0) is 14.8 Å². The number of nitrogens with zero attached hydrogens (tertiary/aromatic N) is 1. The molecule has 0 radical (unpaired) electrons. The Morgan fingerprint density at radius 2 is 1.79 bits per heavy atom. The van der Waals surface area contributed by atoms with Gasteiger partial charge in [-0.1, -0.05) is 0 Å². The summed E-state index contributed by atoms with van der Waals surface area (Å²) in [5.41, 5.74) is 1.17. The van der Waals surface area contributed by atoms with Crippen molar-refractivity contribution in [1.29, 1.82) is 0 Å². The van der Waals surface area contributed by atoms with E-state index in [1.165, 1.54) is 0 Å². The summed E-state index contributed by atoms with van der Waals surface area (Å²) < 4.78 is 37.0. The van der Waals surface area contributed by atoms with Crippen LogP contribution >= 0.6 is 22.6 Å². The number of sulfonamides is 1. The minimum Gasteiger partial charge on any atom is -0.497 e. The Balaban J connectivity index is 2.20. The predicted octanol–water partition coefficient (Wildman–Crippen LogP) is 2.95. The molecule has 1 amide bonds. The molecule has 0 aliphatic carbocycles. The van der Waals surface area contributed by atoms with Crippen LogP contribution in [0.1, 0.15) is 18.5 Å². The van der Waals surface area contributed by atoms with Crippen LogP contribution in [0.25, 0.3) is 0 Å². The molecule has 0 fully saturated rings. The molecule has 2 aromatic carbocycles. The second kappa shape index (κ2) is 9.46. The Bertz CT molecular complexity index is 932.